The number of ether oxygens (including phenoxy) is 2. The SMILES string of the molecule is COc1ccccc1C(=O)NCC(=O)OCc1cccc(C#N)c1. The van der Waals surface area contributed by atoms with Gasteiger partial charge in [0.2, 0.25) is 0 Å². The Balaban J connectivity index is 1.84. The van der Waals surface area contributed by atoms with Gasteiger partial charge >= 0.3 is 5.97 Å². The second kappa shape index (κ2) is 8.34. The molecule has 0 saturated carbocycles. The van der Waals surface area contributed by atoms with Gasteiger partial charge in [-0.3, -0.25) is 9.59 Å². The molecular weight excluding hydrogens is 308 g/mol. The number of benzene rings is 2. The lowest BCUT2D eigenvalue weighted by Gasteiger charge is -2.09. The summed E-state index contributed by atoms with van der Waals surface area (Å²) >= 11 is 0. The predicted octanol–water partition coefficient (Wildman–Crippen LogP) is 2.04. The first-order valence-electron chi connectivity index (χ1n) is 7.20. The number of carbonyl (C=O) groups excluding carboxylic acids is 2. The third-order valence-corrected chi connectivity index (χ3v) is 3.20. The van der Waals surface area contributed by atoms with Gasteiger partial charge in [-0.2, -0.15) is 5.26 Å². The van der Waals surface area contributed by atoms with Crippen LogP contribution in [0.25, 0.3) is 0 Å². The minimum atomic E-state index is -0.569. The van der Waals surface area contributed by atoms with E-state index in [4.69, 9.17) is 14.7 Å². The van der Waals surface area contributed by atoms with E-state index in [0.717, 1.165) is 0 Å². The van der Waals surface area contributed by atoms with Crippen LogP contribution in [0.5, 0.6) is 5.75 Å². The Morgan fingerprint density at radius 2 is 1.96 bits per heavy atom. The zero-order valence-corrected chi connectivity index (χ0v) is 13.1. The summed E-state index contributed by atoms with van der Waals surface area (Å²) in [5, 5.41) is 11.3. The molecule has 6 nitrogen and oxygen atoms in total. The summed E-state index contributed by atoms with van der Waals surface area (Å²) in [5.41, 5.74) is 1.54. The fourth-order valence-electron chi connectivity index (χ4n) is 2.03. The van der Waals surface area contributed by atoms with E-state index in [1.54, 1.807) is 48.5 Å². The number of amides is 1. The van der Waals surface area contributed by atoms with Crippen LogP contribution in [0.15, 0.2) is 48.5 Å². The number of nitrogens with zero attached hydrogens (tertiary/aromatic N) is 1. The van der Waals surface area contributed by atoms with Crippen molar-refractivity contribution in [2.45, 2.75) is 6.61 Å². The highest BCUT2D eigenvalue weighted by Gasteiger charge is 2.13. The Morgan fingerprint density at radius 1 is 1.17 bits per heavy atom. The molecule has 2 rings (SSSR count). The number of carbonyl (C=O) groups is 2. The third kappa shape index (κ3) is 4.58. The van der Waals surface area contributed by atoms with Crippen molar-refractivity contribution < 1.29 is 19.1 Å². The van der Waals surface area contributed by atoms with Crippen LogP contribution < -0.4 is 10.1 Å². The normalized spacial score (nSPS) is 9.67. The van der Waals surface area contributed by atoms with Crippen molar-refractivity contribution in [3.63, 3.8) is 0 Å². The Bertz CT molecular complexity index is 781. The molecule has 24 heavy (non-hydrogen) atoms. The van der Waals surface area contributed by atoms with Crippen molar-refractivity contribution in [3.05, 3.63) is 65.2 Å². The average Bonchev–Trinajstić information content (AvgIpc) is 2.64. The lowest BCUT2D eigenvalue weighted by atomic mass is 10.1. The molecule has 1 amide bonds. The van der Waals surface area contributed by atoms with E-state index in [-0.39, 0.29) is 13.2 Å². The number of esters is 1. The van der Waals surface area contributed by atoms with E-state index < -0.39 is 11.9 Å². The van der Waals surface area contributed by atoms with Crippen LogP contribution >= 0.6 is 0 Å². The van der Waals surface area contributed by atoms with Crippen molar-refractivity contribution >= 4 is 11.9 Å². The number of hydrogen-bond donors (Lipinski definition) is 1. The summed E-state index contributed by atoms with van der Waals surface area (Å²) < 4.78 is 10.2. The fourth-order valence-corrected chi connectivity index (χ4v) is 2.03. The zero-order chi connectivity index (χ0) is 17.4. The summed E-state index contributed by atoms with van der Waals surface area (Å²) in [4.78, 5) is 23.8. The van der Waals surface area contributed by atoms with Crippen molar-refractivity contribution in [1.29, 1.82) is 5.26 Å². The minimum Gasteiger partial charge on any atom is -0.496 e. The van der Waals surface area contributed by atoms with Gasteiger partial charge in [0.15, 0.2) is 0 Å². The molecule has 2 aromatic rings. The van der Waals surface area contributed by atoms with Gasteiger partial charge in [0.1, 0.15) is 18.9 Å². The zero-order valence-electron chi connectivity index (χ0n) is 13.1. The second-order valence-electron chi connectivity index (χ2n) is 4.86. The molecule has 0 spiro atoms. The lowest BCUT2D eigenvalue weighted by molar-refractivity contribution is -0.143. The molecule has 0 aliphatic carbocycles. The van der Waals surface area contributed by atoms with E-state index in [9.17, 15) is 9.59 Å². The monoisotopic (exact) mass is 324 g/mol. The van der Waals surface area contributed by atoms with E-state index in [1.807, 2.05) is 6.07 Å². The molecule has 0 aliphatic rings. The van der Waals surface area contributed by atoms with Gasteiger partial charge in [0.25, 0.3) is 5.91 Å². The van der Waals surface area contributed by atoms with Crippen LogP contribution in [0.3, 0.4) is 0 Å². The molecule has 1 N–H and O–H groups in total. The number of methoxy groups -OCH3 is 1. The standard InChI is InChI=1S/C18H16N2O4/c1-23-16-8-3-2-7-15(16)18(22)20-11-17(21)24-12-14-6-4-5-13(9-14)10-19/h2-9H,11-12H2,1H3,(H,20,22). The Kier molecular flexibility index (Phi) is 5.92. The smallest absolute Gasteiger partial charge is 0.325 e. The first-order valence-corrected chi connectivity index (χ1v) is 7.20. The highest BCUT2D eigenvalue weighted by molar-refractivity contribution is 5.98. The number of nitriles is 1. The second-order valence-corrected chi connectivity index (χ2v) is 4.86. The number of nitrogens with one attached hydrogen (secondary N) is 1. The molecule has 0 unspecified atom stereocenters. The van der Waals surface area contributed by atoms with Crippen LogP contribution in [0.2, 0.25) is 0 Å². The molecule has 122 valence electrons. The topological polar surface area (TPSA) is 88.4 Å². The molecule has 0 atom stereocenters. The molecule has 0 fully saturated rings. The summed E-state index contributed by atoms with van der Waals surface area (Å²) in [6, 6.07) is 15.5. The van der Waals surface area contributed by atoms with Crippen LogP contribution in [-0.4, -0.2) is 25.5 Å². The maximum atomic E-state index is 12.1. The van der Waals surface area contributed by atoms with Gasteiger partial charge in [-0.15, -0.1) is 0 Å². The van der Waals surface area contributed by atoms with Crippen LogP contribution in [0.1, 0.15) is 21.5 Å². The maximum Gasteiger partial charge on any atom is 0.325 e. The van der Waals surface area contributed by atoms with Gasteiger partial charge in [-0.1, -0.05) is 24.3 Å². The molecule has 0 aromatic heterocycles. The quantitative estimate of drug-likeness (QED) is 0.822. The van der Waals surface area contributed by atoms with E-state index in [0.29, 0.717) is 22.4 Å². The molecule has 0 bridgehead atoms. The van der Waals surface area contributed by atoms with Gasteiger partial charge in [0, 0.05) is 0 Å². The van der Waals surface area contributed by atoms with Crippen molar-refractivity contribution in [2.75, 3.05) is 13.7 Å². The van der Waals surface area contributed by atoms with Crippen molar-refractivity contribution in [2.24, 2.45) is 0 Å². The lowest BCUT2D eigenvalue weighted by Crippen LogP contribution is -2.30. The Morgan fingerprint density at radius 3 is 2.71 bits per heavy atom. The van der Waals surface area contributed by atoms with E-state index in [1.165, 1.54) is 7.11 Å². The van der Waals surface area contributed by atoms with Crippen LogP contribution in [0, 0.1) is 11.3 Å². The van der Waals surface area contributed by atoms with Gasteiger partial charge in [-0.25, -0.2) is 0 Å². The Labute approximate surface area is 139 Å². The molecule has 6 heteroatoms. The van der Waals surface area contributed by atoms with Gasteiger partial charge in [0.05, 0.1) is 24.3 Å². The molecule has 0 saturated heterocycles. The number of hydrogen-bond acceptors (Lipinski definition) is 5. The molecule has 2 aromatic carbocycles. The van der Waals surface area contributed by atoms with Crippen molar-refractivity contribution in [1.82, 2.24) is 5.32 Å². The van der Waals surface area contributed by atoms with Gasteiger partial charge in [-0.05, 0) is 29.8 Å². The van der Waals surface area contributed by atoms with E-state index >= 15 is 0 Å². The highest BCUT2D eigenvalue weighted by Crippen LogP contribution is 2.16. The van der Waals surface area contributed by atoms with Gasteiger partial charge < -0.3 is 14.8 Å². The van der Waals surface area contributed by atoms with Crippen LogP contribution in [-0.2, 0) is 16.1 Å². The number of para-hydroxylation sites is 1. The fraction of sp³-hybridized carbons (Fsp3) is 0.167. The Hall–Kier alpha value is -3.33. The minimum absolute atomic E-state index is 0.0406. The molecule has 0 heterocycles. The highest BCUT2D eigenvalue weighted by atomic mass is 16.5. The molecule has 0 radical (unpaired) electrons. The van der Waals surface area contributed by atoms with Crippen LogP contribution in [0.4, 0.5) is 0 Å². The molecule has 0 aliphatic heterocycles. The van der Waals surface area contributed by atoms with E-state index in [2.05, 4.69) is 5.32 Å². The van der Waals surface area contributed by atoms with Crippen molar-refractivity contribution in [3.8, 4) is 11.8 Å². The first kappa shape index (κ1) is 17.0. The summed E-state index contributed by atoms with van der Waals surface area (Å²) in [7, 11) is 1.47. The summed E-state index contributed by atoms with van der Waals surface area (Å²) in [6.07, 6.45) is 0. The molecular formula is C18H16N2O4. The summed E-state index contributed by atoms with van der Waals surface area (Å²) in [6.45, 7) is -0.215. The average molecular weight is 324 g/mol. The largest absolute Gasteiger partial charge is 0.496 e. The first-order chi connectivity index (χ1) is 11.6. The number of rotatable bonds is 6. The third-order valence-electron chi connectivity index (χ3n) is 3.20. The summed E-state index contributed by atoms with van der Waals surface area (Å²) in [5.74, 6) is -0.562. The maximum absolute atomic E-state index is 12.1. The predicted molar refractivity (Wildman–Crippen MR) is 86.3 cm³/mol.